The number of rotatable bonds is 6. The first-order valence-corrected chi connectivity index (χ1v) is 35.8. The van der Waals surface area contributed by atoms with E-state index in [1.807, 2.05) is 161 Å². The summed E-state index contributed by atoms with van der Waals surface area (Å²) in [5.41, 5.74) is 16.8. The SMILES string of the molecule is [2H]c1c([2H])c([2H])c(-n2c3ccccc3c3c4cccc5c4c(cc32)-c2cccc3c2B5c2cccc4c2c-3cc2c4c3ccccc3n2-c2c([2H])c([2H])c([2H])c([2H])c2[2H])c([2H])c1[2H].[2H]c1c([2H])c([2H])c(-n2c3ccccc3c3c4ccccc4c(-c4cccc(-c5cc6c(c7ccccc57)c5ccccc5n6-c5c([2H])c([2H])c([2H])c([2H])c5[2H])c4Br)cc32)c([2H])c1[2H]. The summed E-state index contributed by atoms with van der Waals surface area (Å²) in [6.07, 6.45) is 0. The lowest BCUT2D eigenvalue weighted by atomic mass is 9.31. The Labute approximate surface area is 647 Å². The molecule has 490 valence electrons. The van der Waals surface area contributed by atoms with E-state index in [1.54, 1.807) is 9.13 Å². The number of hydrogen-bond donors (Lipinski definition) is 0. The molecule has 0 N–H and O–H groups in total. The zero-order valence-electron chi connectivity index (χ0n) is 75.8. The third-order valence-electron chi connectivity index (χ3n) is 22.0. The molecule has 106 heavy (non-hydrogen) atoms. The Morgan fingerprint density at radius 1 is 0.217 bits per heavy atom. The molecule has 24 rings (SSSR count). The molecule has 2 aliphatic heterocycles. The first-order chi connectivity index (χ1) is 60.9. The predicted octanol–water partition coefficient (Wildman–Crippen LogP) is 24.9. The van der Waals surface area contributed by atoms with Crippen molar-refractivity contribution < 1.29 is 27.4 Å². The lowest BCUT2D eigenvalue weighted by Gasteiger charge is -2.34. The number of fused-ring (bicyclic) bond motifs is 22. The maximum Gasteiger partial charge on any atom is 0.244 e. The fraction of sp³-hybridized carbons (Fsp3) is 0. The van der Waals surface area contributed by atoms with Crippen LogP contribution in [0.4, 0.5) is 0 Å². The van der Waals surface area contributed by atoms with Crippen LogP contribution in [0.25, 0.3) is 198 Å². The molecule has 0 bridgehead atoms. The van der Waals surface area contributed by atoms with E-state index in [-0.39, 0.29) is 77.8 Å². The molecule has 0 aliphatic carbocycles. The van der Waals surface area contributed by atoms with Crippen LogP contribution in [0.5, 0.6) is 0 Å². The summed E-state index contributed by atoms with van der Waals surface area (Å²) in [5.74, 6) is 0. The Kier molecular flexibility index (Phi) is 9.28. The second-order valence-electron chi connectivity index (χ2n) is 27.1. The van der Waals surface area contributed by atoms with E-state index in [4.69, 9.17) is 27.4 Å². The topological polar surface area (TPSA) is 19.7 Å². The fourth-order valence-electron chi connectivity index (χ4n) is 18.1. The Morgan fingerprint density at radius 2 is 0.481 bits per heavy atom. The third-order valence-corrected chi connectivity index (χ3v) is 22.9. The highest BCUT2D eigenvalue weighted by molar-refractivity contribution is 9.10. The largest absolute Gasteiger partial charge is 0.309 e. The van der Waals surface area contributed by atoms with Crippen molar-refractivity contribution in [2.45, 2.75) is 0 Å². The van der Waals surface area contributed by atoms with E-state index in [2.05, 4.69) is 107 Å². The quantitative estimate of drug-likeness (QED) is 0.148. The van der Waals surface area contributed by atoms with Gasteiger partial charge in [-0.3, -0.25) is 0 Å². The fourth-order valence-corrected chi connectivity index (χ4v) is 18.8. The van der Waals surface area contributed by atoms with Crippen LogP contribution in [-0.2, 0) is 0 Å². The van der Waals surface area contributed by atoms with Gasteiger partial charge < -0.3 is 18.3 Å². The molecule has 0 spiro atoms. The van der Waals surface area contributed by atoms with Gasteiger partial charge in [-0.05, 0) is 200 Å². The van der Waals surface area contributed by atoms with Crippen LogP contribution in [0.2, 0.25) is 0 Å². The average molecular weight is 1430 g/mol. The van der Waals surface area contributed by atoms with E-state index in [0.717, 1.165) is 174 Å². The summed E-state index contributed by atoms with van der Waals surface area (Å²) < 4.78 is 183. The molecular formula is C100H60BBrN4. The van der Waals surface area contributed by atoms with Crippen LogP contribution >= 0.6 is 15.9 Å². The van der Waals surface area contributed by atoms with E-state index in [0.29, 0.717) is 22.1 Å². The number of halogens is 1. The van der Waals surface area contributed by atoms with Crippen molar-refractivity contribution in [2.24, 2.45) is 0 Å². The molecule has 6 heterocycles. The van der Waals surface area contributed by atoms with Gasteiger partial charge in [0, 0.05) is 70.3 Å². The van der Waals surface area contributed by atoms with Crippen LogP contribution in [-0.4, -0.2) is 25.0 Å². The van der Waals surface area contributed by atoms with Crippen molar-refractivity contribution in [1.29, 1.82) is 0 Å². The highest BCUT2D eigenvalue weighted by atomic mass is 79.9. The molecule has 0 saturated carbocycles. The first kappa shape index (κ1) is 43.0. The van der Waals surface area contributed by atoms with Gasteiger partial charge in [-0.25, -0.2) is 0 Å². The molecule has 18 aromatic carbocycles. The summed E-state index contributed by atoms with van der Waals surface area (Å²) in [5, 5.41) is 15.2. The van der Waals surface area contributed by atoms with E-state index in [1.165, 1.54) is 0 Å². The van der Waals surface area contributed by atoms with E-state index in [9.17, 15) is 0 Å². The number of benzene rings is 18. The second-order valence-corrected chi connectivity index (χ2v) is 27.9. The van der Waals surface area contributed by atoms with Crippen LogP contribution in [0.1, 0.15) is 27.4 Å². The summed E-state index contributed by atoms with van der Waals surface area (Å²) >= 11 is 4.08. The molecule has 0 fully saturated rings. The van der Waals surface area contributed by atoms with Crippen molar-refractivity contribution in [1.82, 2.24) is 18.3 Å². The lowest BCUT2D eigenvalue weighted by Crippen LogP contribution is -2.57. The van der Waals surface area contributed by atoms with Crippen LogP contribution in [0.3, 0.4) is 0 Å². The van der Waals surface area contributed by atoms with Gasteiger partial charge in [-0.1, -0.05) is 283 Å². The van der Waals surface area contributed by atoms with Gasteiger partial charge >= 0.3 is 0 Å². The van der Waals surface area contributed by atoms with Crippen LogP contribution < -0.4 is 16.4 Å². The average Bonchev–Trinajstić information content (AvgIpc) is 1.31. The lowest BCUT2D eigenvalue weighted by molar-refractivity contribution is 1.18. The molecule has 0 atom stereocenters. The molecule has 22 aromatic rings. The summed E-state index contributed by atoms with van der Waals surface area (Å²) in [6.45, 7) is -0.151. The molecule has 2 aliphatic rings. The van der Waals surface area contributed by atoms with Gasteiger partial charge in [0.2, 0.25) is 6.71 Å². The zero-order valence-corrected chi connectivity index (χ0v) is 57.4. The van der Waals surface area contributed by atoms with Gasteiger partial charge in [0.15, 0.2) is 0 Å². The summed E-state index contributed by atoms with van der Waals surface area (Å²) in [7, 11) is 0. The molecule has 0 unspecified atom stereocenters. The van der Waals surface area contributed by atoms with Crippen molar-refractivity contribution in [3.05, 3.63) is 368 Å². The van der Waals surface area contributed by atoms with Crippen LogP contribution in [0.15, 0.2) is 368 Å². The highest BCUT2D eigenvalue weighted by Gasteiger charge is 2.40. The Hall–Kier alpha value is -13.3. The Bertz CT molecular complexity index is 8240. The van der Waals surface area contributed by atoms with Gasteiger partial charge in [0.1, 0.15) is 0 Å². The van der Waals surface area contributed by atoms with Gasteiger partial charge in [-0.2, -0.15) is 0 Å². The maximum atomic E-state index is 9.07. The number of aromatic nitrogens is 4. The maximum absolute atomic E-state index is 9.07. The normalized spacial score (nSPS) is 15.0. The zero-order chi connectivity index (χ0) is 86.8. The summed E-state index contributed by atoms with van der Waals surface area (Å²) in [4.78, 5) is 0. The van der Waals surface area contributed by atoms with Gasteiger partial charge in [0.25, 0.3) is 0 Å². The summed E-state index contributed by atoms with van der Waals surface area (Å²) in [6, 6.07) is 73.6. The third kappa shape index (κ3) is 8.30. The minimum absolute atomic E-state index is 0.0653. The molecule has 4 nitrogen and oxygen atoms in total. The minimum Gasteiger partial charge on any atom is -0.309 e. The number of para-hydroxylation sites is 8. The molecule has 0 saturated heterocycles. The highest BCUT2D eigenvalue weighted by Crippen LogP contribution is 2.51. The molecule has 6 heteroatoms. The van der Waals surface area contributed by atoms with Crippen molar-refractivity contribution in [3.63, 3.8) is 0 Å². The van der Waals surface area contributed by atoms with Crippen molar-refractivity contribution >= 4 is 169 Å². The van der Waals surface area contributed by atoms with Crippen LogP contribution in [0, 0.1) is 0 Å². The minimum atomic E-state index is -0.458. The Balaban J connectivity index is 0.000000145. The smallest absolute Gasteiger partial charge is 0.244 e. The number of hydrogen-bond acceptors (Lipinski definition) is 0. The molecule has 0 amide bonds. The van der Waals surface area contributed by atoms with Gasteiger partial charge in [0.05, 0.1) is 71.5 Å². The van der Waals surface area contributed by atoms with Crippen molar-refractivity contribution in [3.8, 4) is 67.3 Å². The van der Waals surface area contributed by atoms with Gasteiger partial charge in [-0.15, -0.1) is 0 Å². The standard InChI is InChI=1S/C50H29BN2.C50H31BrN2/c1-3-14-30(15-4-1)52-42-26-9-7-18-34(42)48-36-22-12-24-40-46(36)38(28-44(48)52)32-20-11-21-33-39-29-45-49(37-23-13-25-41(47(37)39)51(40)50(32)33)35-19-8-10-27-43(35)53(45)31-16-5-2-6-17-31;51-50-38(42-30-46-48(36-22-9-7-20-34(36)42)40-24-11-13-28-44(40)52(46)32-16-3-1-4-17-32)26-15-27-39(50)43-31-47-49(37-23-10-8-21-35(37)43)41-25-12-14-29-45(41)53(47)33-18-5-2-6-19-33/h1-29H;1-31H/i1D,2D,3D,4D,5D,6D,14D,15D,16D,17D;1D,2D,3D,4D,5D,6D,16D,17D,18D,19D. The molecule has 4 aromatic heterocycles. The predicted molar refractivity (Wildman–Crippen MR) is 454 cm³/mol. The Morgan fingerprint density at radius 3 is 0.821 bits per heavy atom. The van der Waals surface area contributed by atoms with Crippen molar-refractivity contribution in [2.75, 3.05) is 0 Å². The van der Waals surface area contributed by atoms with E-state index >= 15 is 0 Å². The monoisotopic (exact) mass is 1430 g/mol. The number of nitrogens with zero attached hydrogens (tertiary/aromatic N) is 4. The van der Waals surface area contributed by atoms with E-state index < -0.39 is 72.5 Å². The first-order valence-electron chi connectivity index (χ1n) is 45.0. The molecular weight excluding hydrogens is 1350 g/mol. The second kappa shape index (κ2) is 22.9. The molecule has 0 radical (unpaired) electrons.